The van der Waals surface area contributed by atoms with Crippen LogP contribution >= 0.6 is 0 Å². The largest absolute Gasteiger partial charge is 0.378 e. The third-order valence-corrected chi connectivity index (χ3v) is 5.42. The van der Waals surface area contributed by atoms with Crippen LogP contribution in [-0.4, -0.2) is 26.9 Å². The lowest BCUT2D eigenvalue weighted by Crippen LogP contribution is -2.24. The molecule has 104 valence electrons. The molecule has 1 aromatic rings. The van der Waals surface area contributed by atoms with Crippen molar-refractivity contribution >= 4 is 9.84 Å². The minimum atomic E-state index is -3.23. The van der Waals surface area contributed by atoms with Gasteiger partial charge >= 0.3 is 0 Å². The van der Waals surface area contributed by atoms with E-state index in [0.29, 0.717) is 17.9 Å². The number of sulfone groups is 1. The van der Waals surface area contributed by atoms with E-state index in [9.17, 15) is 8.42 Å². The Kier molecular flexibility index (Phi) is 4.42. The lowest BCUT2D eigenvalue weighted by atomic mass is 10.0. The zero-order valence-corrected chi connectivity index (χ0v) is 12.0. The number of ether oxygens (including phenoxy) is 1. The summed E-state index contributed by atoms with van der Waals surface area (Å²) in [6, 6.07) is 7.03. The second-order valence-electron chi connectivity index (χ2n) is 5.08. The molecule has 0 saturated carbocycles. The Labute approximate surface area is 115 Å². The molecule has 1 fully saturated rings. The molecule has 0 amide bonds. The Morgan fingerprint density at radius 3 is 2.68 bits per heavy atom. The van der Waals surface area contributed by atoms with Gasteiger partial charge in [0.1, 0.15) is 0 Å². The van der Waals surface area contributed by atoms with Crippen molar-refractivity contribution in [3.8, 4) is 0 Å². The summed E-state index contributed by atoms with van der Waals surface area (Å²) in [5.41, 5.74) is 1.06. The van der Waals surface area contributed by atoms with Crippen molar-refractivity contribution in [1.29, 1.82) is 0 Å². The second-order valence-corrected chi connectivity index (χ2v) is 7.11. The summed E-state index contributed by atoms with van der Waals surface area (Å²) in [4.78, 5) is 0.405. The molecule has 2 atom stereocenters. The minimum Gasteiger partial charge on any atom is -0.378 e. The van der Waals surface area contributed by atoms with Crippen LogP contribution in [0.15, 0.2) is 41.8 Å². The van der Waals surface area contributed by atoms with Gasteiger partial charge in [-0.15, -0.1) is 6.58 Å². The average molecular weight is 280 g/mol. The maximum absolute atomic E-state index is 12.4. The van der Waals surface area contributed by atoms with Crippen molar-refractivity contribution in [2.75, 3.05) is 12.4 Å². The highest BCUT2D eigenvalue weighted by molar-refractivity contribution is 7.91. The topological polar surface area (TPSA) is 43.4 Å². The van der Waals surface area contributed by atoms with Gasteiger partial charge in [0.2, 0.25) is 0 Å². The Bertz CT molecular complexity index is 531. The standard InChI is InChI=1S/C15H20O3S/c1-3-4-15-13(9-10-18-15)11-19(16,17)14-7-5-12(2)6-8-14/h3,5-8,13,15H,1,4,9-11H2,2H3/t13-,15-/m0/s1. The van der Waals surface area contributed by atoms with E-state index in [4.69, 9.17) is 4.74 Å². The predicted molar refractivity (Wildman–Crippen MR) is 75.9 cm³/mol. The Morgan fingerprint density at radius 1 is 1.37 bits per heavy atom. The molecule has 1 saturated heterocycles. The normalized spacial score (nSPS) is 23.4. The van der Waals surface area contributed by atoms with E-state index >= 15 is 0 Å². The smallest absolute Gasteiger partial charge is 0.178 e. The Hall–Kier alpha value is -1.13. The van der Waals surface area contributed by atoms with Crippen molar-refractivity contribution in [3.05, 3.63) is 42.5 Å². The number of aryl methyl sites for hydroxylation is 1. The number of hydrogen-bond donors (Lipinski definition) is 0. The first-order valence-electron chi connectivity index (χ1n) is 6.55. The summed E-state index contributed by atoms with van der Waals surface area (Å²) >= 11 is 0. The highest BCUT2D eigenvalue weighted by Crippen LogP contribution is 2.27. The molecule has 0 N–H and O–H groups in total. The first-order valence-corrected chi connectivity index (χ1v) is 8.20. The molecule has 4 heteroatoms. The number of benzene rings is 1. The minimum absolute atomic E-state index is 0.00211. The van der Waals surface area contributed by atoms with Crippen molar-refractivity contribution in [2.45, 2.75) is 30.8 Å². The lowest BCUT2D eigenvalue weighted by Gasteiger charge is -2.17. The maximum atomic E-state index is 12.4. The van der Waals surface area contributed by atoms with Crippen LogP contribution in [0.25, 0.3) is 0 Å². The molecule has 19 heavy (non-hydrogen) atoms. The quantitative estimate of drug-likeness (QED) is 0.779. The summed E-state index contributed by atoms with van der Waals surface area (Å²) in [7, 11) is -3.23. The highest BCUT2D eigenvalue weighted by atomic mass is 32.2. The van der Waals surface area contributed by atoms with Gasteiger partial charge in [0.05, 0.1) is 16.8 Å². The molecule has 1 aliphatic heterocycles. The maximum Gasteiger partial charge on any atom is 0.178 e. The fourth-order valence-corrected chi connectivity index (χ4v) is 4.12. The first kappa shape index (κ1) is 14.3. The molecule has 0 bridgehead atoms. The lowest BCUT2D eigenvalue weighted by molar-refractivity contribution is 0.0971. The summed E-state index contributed by atoms with van der Waals surface area (Å²) in [6.07, 6.45) is 3.32. The van der Waals surface area contributed by atoms with E-state index in [0.717, 1.165) is 12.0 Å². The number of rotatable bonds is 5. The molecule has 3 nitrogen and oxygen atoms in total. The summed E-state index contributed by atoms with van der Waals surface area (Å²) in [5, 5.41) is 0. The summed E-state index contributed by atoms with van der Waals surface area (Å²) in [5.74, 6) is 0.235. The molecular weight excluding hydrogens is 260 g/mol. The first-order chi connectivity index (χ1) is 9.03. The molecular formula is C15H20O3S. The number of hydrogen-bond acceptors (Lipinski definition) is 3. The molecule has 0 unspecified atom stereocenters. The van der Waals surface area contributed by atoms with E-state index in [1.54, 1.807) is 18.2 Å². The van der Waals surface area contributed by atoms with Crippen molar-refractivity contribution < 1.29 is 13.2 Å². The summed E-state index contributed by atoms with van der Waals surface area (Å²) < 4.78 is 30.3. The van der Waals surface area contributed by atoms with E-state index in [1.807, 2.05) is 19.1 Å². The molecule has 0 aromatic heterocycles. The summed E-state index contributed by atoms with van der Waals surface area (Å²) in [6.45, 7) is 6.28. The molecule has 2 rings (SSSR count). The zero-order chi connectivity index (χ0) is 13.9. The fourth-order valence-electron chi connectivity index (χ4n) is 2.43. The van der Waals surface area contributed by atoms with Gasteiger partial charge in [0.15, 0.2) is 9.84 Å². The highest BCUT2D eigenvalue weighted by Gasteiger charge is 2.32. The third-order valence-electron chi connectivity index (χ3n) is 3.56. The van der Waals surface area contributed by atoms with Crippen LogP contribution in [0.4, 0.5) is 0 Å². The van der Waals surface area contributed by atoms with Crippen LogP contribution in [0.5, 0.6) is 0 Å². The van der Waals surface area contributed by atoms with Gasteiger partial charge in [0, 0.05) is 12.5 Å². The van der Waals surface area contributed by atoms with Crippen LogP contribution in [0.2, 0.25) is 0 Å². The van der Waals surface area contributed by atoms with Gasteiger partial charge in [-0.05, 0) is 31.9 Å². The van der Waals surface area contributed by atoms with E-state index in [1.165, 1.54) is 0 Å². The molecule has 1 aromatic carbocycles. The van der Waals surface area contributed by atoms with Gasteiger partial charge in [-0.25, -0.2) is 8.42 Å². The van der Waals surface area contributed by atoms with Crippen molar-refractivity contribution in [1.82, 2.24) is 0 Å². The van der Waals surface area contributed by atoms with Gasteiger partial charge in [-0.3, -0.25) is 0 Å². The molecule has 0 spiro atoms. The molecule has 0 aliphatic carbocycles. The van der Waals surface area contributed by atoms with Crippen molar-refractivity contribution in [3.63, 3.8) is 0 Å². The van der Waals surface area contributed by atoms with Crippen LogP contribution < -0.4 is 0 Å². The van der Waals surface area contributed by atoms with Gasteiger partial charge in [-0.1, -0.05) is 23.8 Å². The van der Waals surface area contributed by atoms with E-state index in [-0.39, 0.29) is 17.8 Å². The third kappa shape index (κ3) is 3.45. The van der Waals surface area contributed by atoms with E-state index < -0.39 is 9.84 Å². The van der Waals surface area contributed by atoms with Crippen LogP contribution in [-0.2, 0) is 14.6 Å². The monoisotopic (exact) mass is 280 g/mol. The zero-order valence-electron chi connectivity index (χ0n) is 11.2. The van der Waals surface area contributed by atoms with Crippen LogP contribution in [0.1, 0.15) is 18.4 Å². The SMILES string of the molecule is C=CC[C@@H]1OCC[C@H]1CS(=O)(=O)c1ccc(C)cc1. The second kappa shape index (κ2) is 5.88. The fraction of sp³-hybridized carbons (Fsp3) is 0.467. The molecule has 1 aliphatic rings. The predicted octanol–water partition coefficient (Wildman–Crippen LogP) is 2.75. The Balaban J connectivity index is 2.12. The van der Waals surface area contributed by atoms with Crippen molar-refractivity contribution in [2.24, 2.45) is 5.92 Å². The average Bonchev–Trinajstić information content (AvgIpc) is 2.77. The van der Waals surface area contributed by atoms with Gasteiger partial charge in [0.25, 0.3) is 0 Å². The molecule has 0 radical (unpaired) electrons. The molecule has 1 heterocycles. The van der Waals surface area contributed by atoms with E-state index in [2.05, 4.69) is 6.58 Å². The van der Waals surface area contributed by atoms with Crippen LogP contribution in [0.3, 0.4) is 0 Å². The Morgan fingerprint density at radius 2 is 2.05 bits per heavy atom. The van der Waals surface area contributed by atoms with Crippen LogP contribution in [0, 0.1) is 12.8 Å². The van der Waals surface area contributed by atoms with Gasteiger partial charge < -0.3 is 4.74 Å². The van der Waals surface area contributed by atoms with Gasteiger partial charge in [-0.2, -0.15) is 0 Å².